The molecule has 0 spiro atoms. The van der Waals surface area contributed by atoms with Crippen LogP contribution in [0.3, 0.4) is 0 Å². The topological polar surface area (TPSA) is 43.8 Å². The maximum Gasteiger partial charge on any atom is 0.253 e. The van der Waals surface area contributed by atoms with Gasteiger partial charge < -0.3 is 10.0 Å². The quantitative estimate of drug-likeness (QED) is 0.854. The van der Waals surface area contributed by atoms with Crippen molar-refractivity contribution in [2.75, 3.05) is 27.7 Å². The van der Waals surface area contributed by atoms with Crippen LogP contribution in [0.25, 0.3) is 0 Å². The molecule has 1 atom stereocenters. The Morgan fingerprint density at radius 3 is 2.22 bits per heavy atom. The van der Waals surface area contributed by atoms with Crippen LogP contribution in [0.15, 0.2) is 24.3 Å². The van der Waals surface area contributed by atoms with Gasteiger partial charge in [-0.3, -0.25) is 9.69 Å². The zero-order chi connectivity index (χ0) is 13.7. The maximum atomic E-state index is 11.7. The average molecular weight is 250 g/mol. The molecule has 0 bridgehead atoms. The van der Waals surface area contributed by atoms with E-state index in [0.717, 1.165) is 12.1 Å². The number of carbonyl (C=O) groups is 1. The summed E-state index contributed by atoms with van der Waals surface area (Å²) in [6.45, 7) is 2.88. The lowest BCUT2D eigenvalue weighted by Crippen LogP contribution is -2.31. The fourth-order valence-electron chi connectivity index (χ4n) is 1.59. The zero-order valence-electron chi connectivity index (χ0n) is 11.6. The van der Waals surface area contributed by atoms with Gasteiger partial charge in [-0.2, -0.15) is 0 Å². The van der Waals surface area contributed by atoms with E-state index in [1.807, 2.05) is 38.2 Å². The lowest BCUT2D eigenvalue weighted by Gasteiger charge is -2.22. The molecule has 1 aromatic carbocycles. The van der Waals surface area contributed by atoms with E-state index in [2.05, 4.69) is 4.90 Å². The molecular formula is C14H22N2O2. The van der Waals surface area contributed by atoms with Crippen molar-refractivity contribution in [3.63, 3.8) is 0 Å². The molecule has 4 nitrogen and oxygen atoms in total. The van der Waals surface area contributed by atoms with Gasteiger partial charge in [-0.15, -0.1) is 0 Å². The number of rotatable bonds is 5. The van der Waals surface area contributed by atoms with Crippen molar-refractivity contribution in [1.82, 2.24) is 9.80 Å². The van der Waals surface area contributed by atoms with E-state index in [1.165, 1.54) is 0 Å². The molecule has 0 heterocycles. The molecule has 0 saturated carbocycles. The average Bonchev–Trinajstić information content (AvgIpc) is 2.37. The van der Waals surface area contributed by atoms with Crippen molar-refractivity contribution in [2.24, 2.45) is 0 Å². The van der Waals surface area contributed by atoms with E-state index in [-0.39, 0.29) is 18.6 Å². The smallest absolute Gasteiger partial charge is 0.253 e. The highest BCUT2D eigenvalue weighted by Gasteiger charge is 2.10. The molecule has 0 aliphatic rings. The number of aliphatic hydroxyl groups is 1. The van der Waals surface area contributed by atoms with Gasteiger partial charge >= 0.3 is 0 Å². The largest absolute Gasteiger partial charge is 0.395 e. The Hall–Kier alpha value is -1.39. The predicted molar refractivity (Wildman–Crippen MR) is 72.5 cm³/mol. The molecule has 100 valence electrons. The van der Waals surface area contributed by atoms with Gasteiger partial charge in [-0.1, -0.05) is 12.1 Å². The van der Waals surface area contributed by atoms with Crippen LogP contribution in [0.5, 0.6) is 0 Å². The first-order chi connectivity index (χ1) is 8.45. The SMILES string of the molecule is CC(CO)N(C)Cc1ccc(C(=O)N(C)C)cc1. The molecule has 0 aromatic heterocycles. The molecule has 0 saturated heterocycles. The maximum absolute atomic E-state index is 11.7. The molecule has 0 fully saturated rings. The van der Waals surface area contributed by atoms with Gasteiger partial charge in [0.15, 0.2) is 0 Å². The summed E-state index contributed by atoms with van der Waals surface area (Å²) in [6, 6.07) is 7.73. The van der Waals surface area contributed by atoms with Crippen molar-refractivity contribution in [1.29, 1.82) is 0 Å². The van der Waals surface area contributed by atoms with Crippen LogP contribution in [0, 0.1) is 0 Å². The molecule has 1 aromatic rings. The first kappa shape index (κ1) is 14.7. The summed E-state index contributed by atoms with van der Waals surface area (Å²) in [7, 11) is 5.46. The third-order valence-corrected chi connectivity index (χ3v) is 3.06. The van der Waals surface area contributed by atoms with Crippen LogP contribution in [0.1, 0.15) is 22.8 Å². The minimum atomic E-state index is 0.0126. The highest BCUT2D eigenvalue weighted by atomic mass is 16.3. The molecule has 18 heavy (non-hydrogen) atoms. The van der Waals surface area contributed by atoms with Crippen molar-refractivity contribution in [3.8, 4) is 0 Å². The molecular weight excluding hydrogens is 228 g/mol. The highest BCUT2D eigenvalue weighted by molar-refractivity contribution is 5.93. The summed E-state index contributed by atoms with van der Waals surface area (Å²) < 4.78 is 0. The molecule has 0 aliphatic heterocycles. The molecule has 0 aliphatic carbocycles. The molecule has 1 amide bonds. The van der Waals surface area contributed by atoms with Gasteiger partial charge in [0.25, 0.3) is 5.91 Å². The number of nitrogens with zero attached hydrogens (tertiary/aromatic N) is 2. The fourth-order valence-corrected chi connectivity index (χ4v) is 1.59. The van der Waals surface area contributed by atoms with Crippen molar-refractivity contribution < 1.29 is 9.90 Å². The van der Waals surface area contributed by atoms with Gasteiger partial charge in [0, 0.05) is 32.2 Å². The second kappa shape index (κ2) is 6.52. The van der Waals surface area contributed by atoms with Crippen LogP contribution in [0.4, 0.5) is 0 Å². The second-order valence-corrected chi connectivity index (χ2v) is 4.84. The second-order valence-electron chi connectivity index (χ2n) is 4.84. The summed E-state index contributed by atoms with van der Waals surface area (Å²) in [6.07, 6.45) is 0. The highest BCUT2D eigenvalue weighted by Crippen LogP contribution is 2.09. The van der Waals surface area contributed by atoms with Crippen LogP contribution >= 0.6 is 0 Å². The van der Waals surface area contributed by atoms with Gasteiger partial charge in [0.05, 0.1) is 6.61 Å². The molecule has 1 unspecified atom stereocenters. The zero-order valence-corrected chi connectivity index (χ0v) is 11.6. The Labute approximate surface area is 109 Å². The summed E-state index contributed by atoms with van der Waals surface area (Å²) >= 11 is 0. The first-order valence-corrected chi connectivity index (χ1v) is 6.07. The first-order valence-electron chi connectivity index (χ1n) is 6.07. The Kier molecular flexibility index (Phi) is 5.31. The van der Waals surface area contributed by atoms with Gasteiger partial charge in [0.2, 0.25) is 0 Å². The van der Waals surface area contributed by atoms with E-state index in [4.69, 9.17) is 5.11 Å². The van der Waals surface area contributed by atoms with Gasteiger partial charge in [-0.05, 0) is 31.7 Å². The van der Waals surface area contributed by atoms with Crippen LogP contribution in [0.2, 0.25) is 0 Å². The Morgan fingerprint density at radius 1 is 1.22 bits per heavy atom. The Balaban J connectivity index is 2.69. The van der Waals surface area contributed by atoms with Crippen molar-refractivity contribution in [2.45, 2.75) is 19.5 Å². The summed E-state index contributed by atoms with van der Waals surface area (Å²) in [5.41, 5.74) is 1.83. The molecule has 1 N–H and O–H groups in total. The van der Waals surface area contributed by atoms with E-state index < -0.39 is 0 Å². The minimum Gasteiger partial charge on any atom is -0.395 e. The van der Waals surface area contributed by atoms with Crippen LogP contribution in [-0.4, -0.2) is 54.6 Å². The number of hydrogen-bond acceptors (Lipinski definition) is 3. The fraction of sp³-hybridized carbons (Fsp3) is 0.500. The van der Waals surface area contributed by atoms with Crippen molar-refractivity contribution in [3.05, 3.63) is 35.4 Å². The third kappa shape index (κ3) is 3.82. The van der Waals surface area contributed by atoms with E-state index in [1.54, 1.807) is 19.0 Å². The van der Waals surface area contributed by atoms with Crippen LogP contribution < -0.4 is 0 Å². The Bertz CT molecular complexity index is 387. The number of carbonyl (C=O) groups excluding carboxylic acids is 1. The van der Waals surface area contributed by atoms with Gasteiger partial charge in [0.1, 0.15) is 0 Å². The lowest BCUT2D eigenvalue weighted by molar-refractivity contribution is 0.0827. The summed E-state index contributed by atoms with van der Waals surface area (Å²) in [4.78, 5) is 15.4. The standard InChI is InChI=1S/C14H22N2O2/c1-11(10-17)16(4)9-12-5-7-13(8-6-12)14(18)15(2)3/h5-8,11,17H,9-10H2,1-4H3. The van der Waals surface area contributed by atoms with Gasteiger partial charge in [-0.25, -0.2) is 0 Å². The third-order valence-electron chi connectivity index (χ3n) is 3.06. The molecule has 0 radical (unpaired) electrons. The van der Waals surface area contributed by atoms with Crippen LogP contribution in [-0.2, 0) is 6.54 Å². The van der Waals surface area contributed by atoms with E-state index in [0.29, 0.717) is 5.56 Å². The predicted octanol–water partition coefficient (Wildman–Crippen LogP) is 1.20. The molecule has 1 rings (SSSR count). The summed E-state index contributed by atoms with van der Waals surface area (Å²) in [5, 5.41) is 9.07. The Morgan fingerprint density at radius 2 is 1.78 bits per heavy atom. The number of benzene rings is 1. The summed E-state index contributed by atoms with van der Waals surface area (Å²) in [5.74, 6) is 0.0126. The lowest BCUT2D eigenvalue weighted by atomic mass is 10.1. The number of amides is 1. The van der Waals surface area contributed by atoms with E-state index >= 15 is 0 Å². The van der Waals surface area contributed by atoms with E-state index in [9.17, 15) is 4.79 Å². The van der Waals surface area contributed by atoms with Crippen molar-refractivity contribution >= 4 is 5.91 Å². The number of aliphatic hydroxyl groups excluding tert-OH is 1. The number of hydrogen-bond donors (Lipinski definition) is 1. The minimum absolute atomic E-state index is 0.0126. The normalized spacial score (nSPS) is 12.6. The monoisotopic (exact) mass is 250 g/mol. The molecule has 4 heteroatoms. The number of likely N-dealkylation sites (N-methyl/N-ethyl adjacent to an activating group) is 1.